The molecule has 0 atom stereocenters. The Morgan fingerprint density at radius 1 is 1.50 bits per heavy atom. The van der Waals surface area contributed by atoms with E-state index in [-0.39, 0.29) is 0 Å². The van der Waals surface area contributed by atoms with Gasteiger partial charge in [-0.3, -0.25) is 0 Å². The summed E-state index contributed by atoms with van der Waals surface area (Å²) < 4.78 is 0.998. The molecule has 14 heavy (non-hydrogen) atoms. The van der Waals surface area contributed by atoms with E-state index in [4.69, 9.17) is 0 Å². The van der Waals surface area contributed by atoms with Crippen LogP contribution in [0.3, 0.4) is 0 Å². The number of hydrogen-bond acceptors (Lipinski definition) is 5. The quantitative estimate of drug-likeness (QED) is 0.442. The zero-order valence-electron chi connectivity index (χ0n) is 8.60. The Hall–Kier alpha value is -0.620. The molecular weight excluding hydrogens is 216 g/mol. The van der Waals surface area contributed by atoms with Crippen LogP contribution in [-0.2, 0) is 0 Å². The summed E-state index contributed by atoms with van der Waals surface area (Å²) in [5.41, 5.74) is 0. The van der Waals surface area contributed by atoms with Crippen molar-refractivity contribution in [3.63, 3.8) is 0 Å². The molecule has 1 rings (SSSR count). The van der Waals surface area contributed by atoms with Gasteiger partial charge in [0.1, 0.15) is 0 Å². The number of rotatable bonds is 5. The smallest absolute Gasteiger partial charge is 0.233 e. The monoisotopic (exact) mass is 230 g/mol. The summed E-state index contributed by atoms with van der Waals surface area (Å²) in [7, 11) is 3.86. The Morgan fingerprint density at radius 3 is 2.93 bits per heavy atom. The van der Waals surface area contributed by atoms with E-state index in [1.165, 1.54) is 11.3 Å². The molecule has 0 amide bonds. The van der Waals surface area contributed by atoms with Crippen molar-refractivity contribution in [2.75, 3.05) is 19.8 Å². The van der Waals surface area contributed by atoms with Crippen LogP contribution in [0.15, 0.2) is 9.33 Å². The molecule has 0 bridgehead atoms. The maximum Gasteiger partial charge on any atom is 0.233 e. The summed E-state index contributed by atoms with van der Waals surface area (Å²) in [6.07, 6.45) is 2.88. The molecule has 0 fully saturated rings. The highest BCUT2D eigenvalue weighted by Crippen LogP contribution is 2.27. The molecule has 0 spiro atoms. The van der Waals surface area contributed by atoms with Crippen molar-refractivity contribution >= 4 is 34.6 Å². The Morgan fingerprint density at radius 2 is 2.29 bits per heavy atom. The van der Waals surface area contributed by atoms with Gasteiger partial charge in [-0.2, -0.15) is 0 Å². The Bertz CT molecular complexity index is 295. The summed E-state index contributed by atoms with van der Waals surface area (Å²) in [6, 6.07) is 0. The van der Waals surface area contributed by atoms with Gasteiger partial charge in [0.15, 0.2) is 4.34 Å². The topological polar surface area (TPSA) is 41.4 Å². The largest absolute Gasteiger partial charge is 0.369 e. The fraction of sp³-hybridized carbons (Fsp3) is 0.625. The van der Waals surface area contributed by atoms with Gasteiger partial charge < -0.3 is 4.90 Å². The molecule has 4 nitrogen and oxygen atoms in total. The van der Waals surface area contributed by atoms with E-state index < -0.39 is 0 Å². The third kappa shape index (κ3) is 4.06. The highest BCUT2D eigenvalue weighted by atomic mass is 32.2. The van der Waals surface area contributed by atoms with Crippen molar-refractivity contribution in [3.05, 3.63) is 0 Å². The van der Waals surface area contributed by atoms with Gasteiger partial charge in [0.2, 0.25) is 5.13 Å². The molecule has 0 aliphatic carbocycles. The van der Waals surface area contributed by atoms with Crippen molar-refractivity contribution in [2.45, 2.75) is 17.7 Å². The predicted molar refractivity (Wildman–Crippen MR) is 62.8 cm³/mol. The SMILES string of the molecule is CCCSc1nnc(/N=C/N(C)C)s1. The van der Waals surface area contributed by atoms with E-state index in [0.29, 0.717) is 0 Å². The van der Waals surface area contributed by atoms with E-state index in [2.05, 4.69) is 22.1 Å². The van der Waals surface area contributed by atoms with Gasteiger partial charge in [0.25, 0.3) is 0 Å². The summed E-state index contributed by atoms with van der Waals surface area (Å²) in [5, 5.41) is 8.71. The first-order chi connectivity index (χ1) is 6.72. The molecule has 78 valence electrons. The zero-order chi connectivity index (χ0) is 10.4. The number of aromatic nitrogens is 2. The van der Waals surface area contributed by atoms with Crippen LogP contribution in [0, 0.1) is 0 Å². The maximum absolute atomic E-state index is 4.17. The average Bonchev–Trinajstić information content (AvgIpc) is 2.59. The number of nitrogens with zero attached hydrogens (tertiary/aromatic N) is 4. The van der Waals surface area contributed by atoms with E-state index in [1.54, 1.807) is 18.1 Å². The standard InChI is InChI=1S/C8H14N4S2/c1-4-5-13-8-11-10-7(14-8)9-6-12(2)3/h6H,4-5H2,1-3H3/b9-6+. The van der Waals surface area contributed by atoms with E-state index in [1.807, 2.05) is 19.0 Å². The molecule has 0 unspecified atom stereocenters. The van der Waals surface area contributed by atoms with Crippen LogP contribution < -0.4 is 0 Å². The second-order valence-electron chi connectivity index (χ2n) is 2.91. The van der Waals surface area contributed by atoms with Crippen LogP contribution in [0.4, 0.5) is 5.13 Å². The molecule has 0 saturated carbocycles. The van der Waals surface area contributed by atoms with Crippen molar-refractivity contribution in [1.82, 2.24) is 15.1 Å². The van der Waals surface area contributed by atoms with Crippen LogP contribution >= 0.6 is 23.1 Å². The lowest BCUT2D eigenvalue weighted by Crippen LogP contribution is -2.06. The molecule has 6 heteroatoms. The molecule has 1 aromatic heterocycles. The summed E-state index contributed by atoms with van der Waals surface area (Å²) in [5.74, 6) is 1.09. The van der Waals surface area contributed by atoms with Crippen molar-refractivity contribution in [2.24, 2.45) is 4.99 Å². The third-order valence-electron chi connectivity index (χ3n) is 1.22. The van der Waals surface area contributed by atoms with Gasteiger partial charge in [0, 0.05) is 19.8 Å². The molecule has 0 aliphatic rings. The van der Waals surface area contributed by atoms with Crippen molar-refractivity contribution < 1.29 is 0 Å². The lowest BCUT2D eigenvalue weighted by atomic mass is 10.6. The first-order valence-electron chi connectivity index (χ1n) is 4.39. The van der Waals surface area contributed by atoms with Gasteiger partial charge >= 0.3 is 0 Å². The normalized spacial score (nSPS) is 11.1. The van der Waals surface area contributed by atoms with E-state index in [0.717, 1.165) is 21.6 Å². The molecule has 0 aromatic carbocycles. The minimum Gasteiger partial charge on any atom is -0.369 e. The fourth-order valence-corrected chi connectivity index (χ4v) is 2.27. The first-order valence-corrected chi connectivity index (χ1v) is 6.19. The van der Waals surface area contributed by atoms with E-state index >= 15 is 0 Å². The third-order valence-corrected chi connectivity index (χ3v) is 3.39. The first kappa shape index (κ1) is 11.5. The fourth-order valence-electron chi connectivity index (χ4n) is 0.667. The molecular formula is C8H14N4S2. The summed E-state index contributed by atoms with van der Waals surface area (Å²) in [4.78, 5) is 6.04. The Kier molecular flexibility index (Phi) is 4.89. The number of aliphatic imine (C=N–C) groups is 1. The maximum atomic E-state index is 4.17. The predicted octanol–water partition coefficient (Wildman–Crippen LogP) is 2.26. The van der Waals surface area contributed by atoms with Crippen LogP contribution in [0.5, 0.6) is 0 Å². The summed E-state index contributed by atoms with van der Waals surface area (Å²) >= 11 is 3.26. The van der Waals surface area contributed by atoms with Crippen LogP contribution in [0.1, 0.15) is 13.3 Å². The molecule has 1 aromatic rings. The lowest BCUT2D eigenvalue weighted by molar-refractivity contribution is 0.643. The zero-order valence-corrected chi connectivity index (χ0v) is 10.2. The highest BCUT2D eigenvalue weighted by Gasteiger charge is 2.01. The van der Waals surface area contributed by atoms with Crippen LogP contribution in [0.2, 0.25) is 0 Å². The Labute approximate surface area is 92.4 Å². The lowest BCUT2D eigenvalue weighted by Gasteiger charge is -1.99. The number of thioether (sulfide) groups is 1. The molecule has 0 saturated heterocycles. The summed E-state index contributed by atoms with van der Waals surface area (Å²) in [6.45, 7) is 2.15. The van der Waals surface area contributed by atoms with E-state index in [9.17, 15) is 0 Å². The molecule has 1 heterocycles. The van der Waals surface area contributed by atoms with Crippen LogP contribution in [-0.4, -0.2) is 41.3 Å². The van der Waals surface area contributed by atoms with Gasteiger partial charge in [-0.05, 0) is 6.42 Å². The van der Waals surface area contributed by atoms with Gasteiger partial charge in [-0.15, -0.1) is 10.2 Å². The highest BCUT2D eigenvalue weighted by molar-refractivity contribution is 8.01. The molecule has 0 radical (unpaired) electrons. The Balaban J connectivity index is 2.50. The van der Waals surface area contributed by atoms with Crippen molar-refractivity contribution in [3.8, 4) is 0 Å². The van der Waals surface area contributed by atoms with Crippen LogP contribution in [0.25, 0.3) is 0 Å². The van der Waals surface area contributed by atoms with Crippen molar-refractivity contribution in [1.29, 1.82) is 0 Å². The molecule has 0 N–H and O–H groups in total. The minimum atomic E-state index is 0.720. The molecule has 0 aliphatic heterocycles. The number of hydrogen-bond donors (Lipinski definition) is 0. The van der Waals surface area contributed by atoms with Gasteiger partial charge in [-0.1, -0.05) is 30.0 Å². The second-order valence-corrected chi connectivity index (χ2v) is 5.21. The minimum absolute atomic E-state index is 0.720. The average molecular weight is 230 g/mol. The second kappa shape index (κ2) is 5.98. The van der Waals surface area contributed by atoms with Gasteiger partial charge in [0.05, 0.1) is 6.34 Å². The van der Waals surface area contributed by atoms with Gasteiger partial charge in [-0.25, -0.2) is 4.99 Å².